The molecule has 1 atom stereocenters. The Morgan fingerprint density at radius 1 is 1.11 bits per heavy atom. The largest absolute Gasteiger partial charge is 0.481 e. The quantitative estimate of drug-likeness (QED) is 0.476. The number of ether oxygens (including phenoxy) is 1. The molecule has 2 heterocycles. The Kier molecular flexibility index (Phi) is 6.41. The number of nitrogens with one attached hydrogen (secondary N) is 2. The zero-order chi connectivity index (χ0) is 24.4. The maximum atomic E-state index is 12.9. The molecule has 1 aliphatic carbocycles. The van der Waals surface area contributed by atoms with Crippen LogP contribution in [-0.4, -0.2) is 73.9 Å². The molecule has 5 rings (SSSR count). The minimum atomic E-state index is -0.967. The summed E-state index contributed by atoms with van der Waals surface area (Å²) in [4.78, 5) is 42.0. The third-order valence-electron chi connectivity index (χ3n) is 6.14. The molecule has 2 aromatic carbocycles. The first-order valence-corrected chi connectivity index (χ1v) is 12.3. The van der Waals surface area contributed by atoms with Crippen molar-refractivity contribution in [3.63, 3.8) is 0 Å². The van der Waals surface area contributed by atoms with Crippen LogP contribution >= 0.6 is 11.8 Å². The van der Waals surface area contributed by atoms with Gasteiger partial charge < -0.3 is 14.7 Å². The fraction of sp³-hybridized carbons (Fsp3) is 0.292. The van der Waals surface area contributed by atoms with Crippen molar-refractivity contribution in [2.75, 3.05) is 30.0 Å². The van der Waals surface area contributed by atoms with E-state index in [-0.39, 0.29) is 30.7 Å². The summed E-state index contributed by atoms with van der Waals surface area (Å²) in [5.74, 6) is -0.415. The molecule has 0 spiro atoms. The minimum Gasteiger partial charge on any atom is -0.481 e. The molecule has 1 aliphatic heterocycles. The van der Waals surface area contributed by atoms with E-state index in [1.807, 2.05) is 36.4 Å². The van der Waals surface area contributed by atoms with Crippen LogP contribution in [0.1, 0.15) is 34.1 Å². The molecular formula is C24H23N5O5S. The number of carbonyl (C=O) groups excluding carboxylic acids is 2. The standard InChI is InChI=1S/C24H23N5O5S/c30-20(31)11-14-13-35-10-9-29(14)22(32)21-25-23(28-27-21)26-24(33)34-12-19-17-7-3-1-5-15(17)16-6-2-4-8-18(16)19/h1-8,14,19H,9-13H2,(H,30,31)(H2,25,26,27,28,33). The molecule has 1 fully saturated rings. The van der Waals surface area contributed by atoms with Crippen molar-refractivity contribution in [2.45, 2.75) is 18.4 Å². The first-order valence-electron chi connectivity index (χ1n) is 11.2. The average Bonchev–Trinajstić information content (AvgIpc) is 3.45. The van der Waals surface area contributed by atoms with Gasteiger partial charge in [0.05, 0.1) is 12.5 Å². The number of nitrogens with zero attached hydrogens (tertiary/aromatic N) is 3. The summed E-state index contributed by atoms with van der Waals surface area (Å²) >= 11 is 1.61. The Hall–Kier alpha value is -3.86. The molecule has 0 radical (unpaired) electrons. The highest BCUT2D eigenvalue weighted by Crippen LogP contribution is 2.44. The number of rotatable bonds is 6. The van der Waals surface area contributed by atoms with Gasteiger partial charge in [-0.15, -0.1) is 5.10 Å². The first kappa shape index (κ1) is 22.9. The van der Waals surface area contributed by atoms with Crippen molar-refractivity contribution in [1.29, 1.82) is 0 Å². The van der Waals surface area contributed by atoms with E-state index in [9.17, 15) is 14.4 Å². The van der Waals surface area contributed by atoms with Crippen LogP contribution in [0, 0.1) is 0 Å². The summed E-state index contributed by atoms with van der Waals surface area (Å²) in [5.41, 5.74) is 4.46. The Morgan fingerprint density at radius 3 is 2.49 bits per heavy atom. The highest BCUT2D eigenvalue weighted by molar-refractivity contribution is 7.99. The van der Waals surface area contributed by atoms with Crippen LogP contribution in [-0.2, 0) is 9.53 Å². The zero-order valence-corrected chi connectivity index (χ0v) is 19.5. The van der Waals surface area contributed by atoms with Crippen molar-refractivity contribution in [2.24, 2.45) is 0 Å². The summed E-state index contributed by atoms with van der Waals surface area (Å²) < 4.78 is 5.48. The summed E-state index contributed by atoms with van der Waals surface area (Å²) in [5, 5.41) is 18.0. The number of thioether (sulfide) groups is 1. The summed E-state index contributed by atoms with van der Waals surface area (Å²) in [6.07, 6.45) is -0.874. The van der Waals surface area contributed by atoms with Crippen LogP contribution in [0.4, 0.5) is 10.7 Å². The second-order valence-electron chi connectivity index (χ2n) is 8.28. The molecule has 2 aliphatic rings. The number of hydrogen-bond acceptors (Lipinski definition) is 7. The number of fused-ring (bicyclic) bond motifs is 3. The van der Waals surface area contributed by atoms with Gasteiger partial charge in [-0.05, 0) is 22.3 Å². The molecule has 1 unspecified atom stereocenters. The number of carbonyl (C=O) groups is 3. The fourth-order valence-corrected chi connectivity index (χ4v) is 5.63. The zero-order valence-electron chi connectivity index (χ0n) is 18.6. The second-order valence-corrected chi connectivity index (χ2v) is 9.43. The van der Waals surface area contributed by atoms with E-state index in [0.717, 1.165) is 22.3 Å². The van der Waals surface area contributed by atoms with Gasteiger partial charge in [-0.1, -0.05) is 48.5 Å². The van der Waals surface area contributed by atoms with Crippen LogP contribution in [0.5, 0.6) is 0 Å². The Morgan fingerprint density at radius 2 is 1.80 bits per heavy atom. The molecule has 3 aromatic rings. The van der Waals surface area contributed by atoms with E-state index < -0.39 is 24.0 Å². The molecule has 2 amide bonds. The predicted molar refractivity (Wildman–Crippen MR) is 129 cm³/mol. The molecule has 0 saturated carbocycles. The van der Waals surface area contributed by atoms with Gasteiger partial charge in [-0.3, -0.25) is 20.0 Å². The Balaban J connectivity index is 1.22. The highest BCUT2D eigenvalue weighted by Gasteiger charge is 2.32. The monoisotopic (exact) mass is 493 g/mol. The van der Waals surface area contributed by atoms with Gasteiger partial charge in [0.15, 0.2) is 0 Å². The minimum absolute atomic E-state index is 0.0683. The molecule has 1 saturated heterocycles. The third-order valence-corrected chi connectivity index (χ3v) is 7.24. The van der Waals surface area contributed by atoms with Crippen LogP contribution in [0.15, 0.2) is 48.5 Å². The molecular weight excluding hydrogens is 470 g/mol. The van der Waals surface area contributed by atoms with Gasteiger partial charge in [-0.25, -0.2) is 4.79 Å². The van der Waals surface area contributed by atoms with E-state index in [1.54, 1.807) is 11.8 Å². The Bertz CT molecular complexity index is 1230. The van der Waals surface area contributed by atoms with E-state index in [0.29, 0.717) is 18.1 Å². The number of aromatic amines is 1. The first-order chi connectivity index (χ1) is 17.0. The van der Waals surface area contributed by atoms with Crippen molar-refractivity contribution in [3.8, 4) is 11.1 Å². The van der Waals surface area contributed by atoms with Gasteiger partial charge in [0.25, 0.3) is 11.9 Å². The number of carboxylic acids is 1. The lowest BCUT2D eigenvalue weighted by Crippen LogP contribution is -2.47. The summed E-state index contributed by atoms with van der Waals surface area (Å²) in [7, 11) is 0. The van der Waals surface area contributed by atoms with Crippen molar-refractivity contribution in [3.05, 3.63) is 65.5 Å². The molecule has 10 nitrogen and oxygen atoms in total. The predicted octanol–water partition coefficient (Wildman–Crippen LogP) is 3.20. The number of hydrogen-bond donors (Lipinski definition) is 3. The SMILES string of the molecule is O=C(O)CC1CSCCN1C(=O)c1nc(NC(=O)OCC2c3ccccc3-c3ccccc32)n[nH]1. The lowest BCUT2D eigenvalue weighted by molar-refractivity contribution is -0.138. The van der Waals surface area contributed by atoms with E-state index >= 15 is 0 Å². The topological polar surface area (TPSA) is 138 Å². The van der Waals surface area contributed by atoms with Gasteiger partial charge in [0, 0.05) is 24.0 Å². The number of benzene rings is 2. The smallest absolute Gasteiger partial charge is 0.414 e. The molecule has 11 heteroatoms. The van der Waals surface area contributed by atoms with E-state index in [4.69, 9.17) is 9.84 Å². The van der Waals surface area contributed by atoms with Crippen molar-refractivity contribution >= 4 is 35.7 Å². The molecule has 35 heavy (non-hydrogen) atoms. The normalized spacial score (nSPS) is 16.9. The van der Waals surface area contributed by atoms with Gasteiger partial charge in [0.2, 0.25) is 5.82 Å². The van der Waals surface area contributed by atoms with Crippen molar-refractivity contribution < 1.29 is 24.2 Å². The van der Waals surface area contributed by atoms with Crippen LogP contribution < -0.4 is 5.32 Å². The fourth-order valence-electron chi connectivity index (χ4n) is 4.57. The molecule has 0 bridgehead atoms. The lowest BCUT2D eigenvalue weighted by atomic mass is 9.98. The maximum absolute atomic E-state index is 12.9. The molecule has 180 valence electrons. The number of carboxylic acid groups (broad SMARTS) is 1. The highest BCUT2D eigenvalue weighted by atomic mass is 32.2. The summed E-state index contributed by atoms with van der Waals surface area (Å²) in [6, 6.07) is 15.7. The third kappa shape index (κ3) is 4.72. The number of amides is 2. The number of aromatic nitrogens is 3. The van der Waals surface area contributed by atoms with Gasteiger partial charge in [-0.2, -0.15) is 16.7 Å². The number of aliphatic carboxylic acids is 1. The maximum Gasteiger partial charge on any atom is 0.414 e. The van der Waals surface area contributed by atoms with Crippen LogP contribution in [0.25, 0.3) is 11.1 Å². The molecule has 3 N–H and O–H groups in total. The Labute approximate surface area is 205 Å². The average molecular weight is 494 g/mol. The van der Waals surface area contributed by atoms with E-state index in [2.05, 4.69) is 32.6 Å². The number of H-pyrrole nitrogens is 1. The lowest BCUT2D eigenvalue weighted by Gasteiger charge is -2.33. The molecule has 1 aromatic heterocycles. The van der Waals surface area contributed by atoms with Crippen LogP contribution in [0.2, 0.25) is 0 Å². The van der Waals surface area contributed by atoms with Crippen molar-refractivity contribution in [1.82, 2.24) is 20.1 Å². The number of anilines is 1. The van der Waals surface area contributed by atoms with Gasteiger partial charge >= 0.3 is 12.1 Å². The second kappa shape index (κ2) is 9.79. The van der Waals surface area contributed by atoms with Crippen LogP contribution in [0.3, 0.4) is 0 Å². The van der Waals surface area contributed by atoms with E-state index in [1.165, 1.54) is 4.90 Å². The van der Waals surface area contributed by atoms with Gasteiger partial charge in [0.1, 0.15) is 6.61 Å². The summed E-state index contributed by atoms with van der Waals surface area (Å²) in [6.45, 7) is 0.551.